The molecule has 3 amide bonds. The number of anilines is 1. The van der Waals surface area contributed by atoms with E-state index in [0.29, 0.717) is 0 Å². The quantitative estimate of drug-likeness (QED) is 0.758. The van der Waals surface area contributed by atoms with Gasteiger partial charge in [0.1, 0.15) is 12.4 Å². The zero-order chi connectivity index (χ0) is 15.3. The third kappa shape index (κ3) is 3.94. The first kappa shape index (κ1) is 15.4. The van der Waals surface area contributed by atoms with Crippen molar-refractivity contribution in [2.45, 2.75) is 0 Å². The van der Waals surface area contributed by atoms with Crippen molar-refractivity contribution < 1.29 is 23.9 Å². The van der Waals surface area contributed by atoms with Gasteiger partial charge in [0, 0.05) is 19.8 Å². The Bertz CT molecular complexity index is 548. The van der Waals surface area contributed by atoms with Crippen molar-refractivity contribution in [1.82, 2.24) is 10.2 Å². The molecule has 0 unspecified atom stereocenters. The van der Waals surface area contributed by atoms with Crippen LogP contribution in [0.15, 0.2) is 18.2 Å². The fourth-order valence-corrected chi connectivity index (χ4v) is 1.35. The minimum absolute atomic E-state index is 0.123. The molecular formula is C12H14FN3O4. The number of nitrogens with one attached hydrogen (secondary N) is 2. The van der Waals surface area contributed by atoms with Gasteiger partial charge in [-0.3, -0.25) is 4.79 Å². The van der Waals surface area contributed by atoms with Gasteiger partial charge in [0.2, 0.25) is 5.91 Å². The molecule has 0 aliphatic carbocycles. The molecule has 0 saturated heterocycles. The van der Waals surface area contributed by atoms with Crippen molar-refractivity contribution >= 4 is 23.6 Å². The van der Waals surface area contributed by atoms with Crippen LogP contribution < -0.4 is 10.6 Å². The predicted octanol–water partition coefficient (Wildman–Crippen LogP) is 0.734. The number of aromatic carboxylic acids is 1. The van der Waals surface area contributed by atoms with Crippen LogP contribution in [0.25, 0.3) is 0 Å². The van der Waals surface area contributed by atoms with Gasteiger partial charge in [-0.25, -0.2) is 14.0 Å². The minimum Gasteiger partial charge on any atom is -0.478 e. The van der Waals surface area contributed by atoms with Crippen molar-refractivity contribution in [2.24, 2.45) is 0 Å². The van der Waals surface area contributed by atoms with Crippen molar-refractivity contribution in [3.8, 4) is 0 Å². The smallest absolute Gasteiger partial charge is 0.338 e. The van der Waals surface area contributed by atoms with Gasteiger partial charge in [-0.15, -0.1) is 0 Å². The molecule has 0 aromatic heterocycles. The average molecular weight is 283 g/mol. The van der Waals surface area contributed by atoms with Gasteiger partial charge in [0.25, 0.3) is 0 Å². The van der Waals surface area contributed by atoms with Crippen LogP contribution in [0, 0.1) is 5.82 Å². The second-order valence-corrected chi connectivity index (χ2v) is 3.96. The Hall–Kier alpha value is -2.64. The van der Waals surface area contributed by atoms with Crippen LogP contribution in [0.4, 0.5) is 14.9 Å². The van der Waals surface area contributed by atoms with Crippen LogP contribution in [-0.4, -0.2) is 48.6 Å². The Morgan fingerprint density at radius 1 is 1.35 bits per heavy atom. The molecule has 0 saturated carbocycles. The molecule has 20 heavy (non-hydrogen) atoms. The van der Waals surface area contributed by atoms with Gasteiger partial charge in [-0.1, -0.05) is 0 Å². The number of benzene rings is 1. The van der Waals surface area contributed by atoms with Gasteiger partial charge in [-0.05, 0) is 18.2 Å². The molecule has 0 heterocycles. The summed E-state index contributed by atoms with van der Waals surface area (Å²) in [7, 11) is 2.83. The molecule has 3 N–H and O–H groups in total. The number of nitrogens with zero attached hydrogens (tertiary/aromatic N) is 1. The maximum Gasteiger partial charge on any atom is 0.338 e. The summed E-state index contributed by atoms with van der Waals surface area (Å²) in [4.78, 5) is 34.7. The van der Waals surface area contributed by atoms with E-state index in [1.54, 1.807) is 0 Å². The SMILES string of the molecule is CNC(=O)CN(C)C(=O)Nc1ccc(F)c(C(=O)O)c1. The summed E-state index contributed by atoms with van der Waals surface area (Å²) in [6.45, 7) is -0.157. The number of carboxylic acid groups (broad SMARTS) is 1. The lowest BCUT2D eigenvalue weighted by molar-refractivity contribution is -0.120. The zero-order valence-electron chi connectivity index (χ0n) is 10.9. The molecule has 0 bridgehead atoms. The van der Waals surface area contributed by atoms with Crippen LogP contribution in [0.5, 0.6) is 0 Å². The topological polar surface area (TPSA) is 98.7 Å². The molecule has 0 fully saturated rings. The molecule has 1 rings (SSSR count). The number of likely N-dealkylation sites (N-methyl/N-ethyl adjacent to an activating group) is 2. The van der Waals surface area contributed by atoms with Gasteiger partial charge in [0.15, 0.2) is 0 Å². The molecule has 0 spiro atoms. The summed E-state index contributed by atoms with van der Waals surface area (Å²) in [6.07, 6.45) is 0. The number of urea groups is 1. The number of carbonyl (C=O) groups excluding carboxylic acids is 2. The maximum atomic E-state index is 13.2. The number of hydrogen-bond acceptors (Lipinski definition) is 3. The van der Waals surface area contributed by atoms with Crippen molar-refractivity contribution in [2.75, 3.05) is 26.0 Å². The van der Waals surface area contributed by atoms with E-state index in [1.807, 2.05) is 0 Å². The van der Waals surface area contributed by atoms with E-state index in [-0.39, 0.29) is 18.1 Å². The van der Waals surface area contributed by atoms with E-state index >= 15 is 0 Å². The lowest BCUT2D eigenvalue weighted by Crippen LogP contribution is -2.39. The summed E-state index contributed by atoms with van der Waals surface area (Å²) >= 11 is 0. The number of amides is 3. The van der Waals surface area contributed by atoms with Gasteiger partial charge in [0.05, 0.1) is 5.56 Å². The fourth-order valence-electron chi connectivity index (χ4n) is 1.35. The average Bonchev–Trinajstić information content (AvgIpc) is 2.40. The Morgan fingerprint density at radius 2 is 2.00 bits per heavy atom. The van der Waals surface area contributed by atoms with E-state index in [0.717, 1.165) is 17.0 Å². The molecule has 1 aromatic rings. The van der Waals surface area contributed by atoms with Crippen molar-refractivity contribution in [1.29, 1.82) is 0 Å². The van der Waals surface area contributed by atoms with Gasteiger partial charge < -0.3 is 20.6 Å². The Labute approximate surface area is 114 Å². The molecule has 0 atom stereocenters. The normalized spacial score (nSPS) is 9.75. The fraction of sp³-hybridized carbons (Fsp3) is 0.250. The Balaban J connectivity index is 2.78. The highest BCUT2D eigenvalue weighted by atomic mass is 19.1. The lowest BCUT2D eigenvalue weighted by atomic mass is 10.2. The number of hydrogen-bond donors (Lipinski definition) is 3. The first-order chi connectivity index (χ1) is 9.35. The maximum absolute atomic E-state index is 13.2. The standard InChI is InChI=1S/C12H14FN3O4/c1-14-10(17)6-16(2)12(20)15-7-3-4-9(13)8(5-7)11(18)19/h3-5H,6H2,1-2H3,(H,14,17)(H,15,20)(H,18,19). The predicted molar refractivity (Wildman–Crippen MR) is 69.1 cm³/mol. The summed E-state index contributed by atoms with van der Waals surface area (Å²) in [5, 5.41) is 13.5. The Kier molecular flexibility index (Phi) is 5.01. The second-order valence-electron chi connectivity index (χ2n) is 3.96. The zero-order valence-corrected chi connectivity index (χ0v) is 10.9. The van der Waals surface area contributed by atoms with E-state index < -0.39 is 23.4 Å². The summed E-state index contributed by atoms with van der Waals surface area (Å²) in [5.74, 6) is -2.68. The highest BCUT2D eigenvalue weighted by Crippen LogP contribution is 2.15. The first-order valence-electron chi connectivity index (χ1n) is 5.60. The molecule has 108 valence electrons. The highest BCUT2D eigenvalue weighted by molar-refractivity contribution is 5.94. The van der Waals surface area contributed by atoms with E-state index in [2.05, 4.69) is 10.6 Å². The van der Waals surface area contributed by atoms with Crippen LogP contribution in [-0.2, 0) is 4.79 Å². The Morgan fingerprint density at radius 3 is 2.55 bits per heavy atom. The van der Waals surface area contributed by atoms with E-state index in [4.69, 9.17) is 5.11 Å². The molecule has 1 aromatic carbocycles. The lowest BCUT2D eigenvalue weighted by Gasteiger charge is -2.17. The number of halogens is 1. The third-order valence-electron chi connectivity index (χ3n) is 2.45. The first-order valence-corrected chi connectivity index (χ1v) is 5.60. The molecule has 0 radical (unpaired) electrons. The second kappa shape index (κ2) is 6.50. The molecule has 0 aliphatic rings. The molecular weight excluding hydrogens is 269 g/mol. The molecule has 7 nitrogen and oxygen atoms in total. The number of carboxylic acids is 1. The summed E-state index contributed by atoms with van der Waals surface area (Å²) in [5.41, 5.74) is -0.422. The van der Waals surface area contributed by atoms with E-state index in [9.17, 15) is 18.8 Å². The minimum atomic E-state index is -1.43. The monoisotopic (exact) mass is 283 g/mol. The van der Waals surface area contributed by atoms with Crippen molar-refractivity contribution in [3.05, 3.63) is 29.6 Å². The van der Waals surface area contributed by atoms with Crippen LogP contribution in [0.3, 0.4) is 0 Å². The highest BCUT2D eigenvalue weighted by Gasteiger charge is 2.15. The largest absolute Gasteiger partial charge is 0.478 e. The summed E-state index contributed by atoms with van der Waals surface area (Å²) in [6, 6.07) is 2.56. The summed E-state index contributed by atoms with van der Waals surface area (Å²) < 4.78 is 13.2. The molecule has 0 aliphatic heterocycles. The number of carbonyl (C=O) groups is 3. The van der Waals surface area contributed by atoms with Crippen LogP contribution >= 0.6 is 0 Å². The third-order valence-corrected chi connectivity index (χ3v) is 2.45. The number of rotatable bonds is 4. The van der Waals surface area contributed by atoms with Gasteiger partial charge in [-0.2, -0.15) is 0 Å². The molecule has 8 heteroatoms. The van der Waals surface area contributed by atoms with E-state index in [1.165, 1.54) is 20.2 Å². The van der Waals surface area contributed by atoms with Crippen LogP contribution in [0.1, 0.15) is 10.4 Å². The van der Waals surface area contributed by atoms with Crippen molar-refractivity contribution in [3.63, 3.8) is 0 Å². The van der Waals surface area contributed by atoms with Gasteiger partial charge >= 0.3 is 12.0 Å². The van der Waals surface area contributed by atoms with Crippen LogP contribution in [0.2, 0.25) is 0 Å².